The molecule has 0 radical (unpaired) electrons. The molecule has 0 spiro atoms. The Hall–Kier alpha value is -2.95. The highest BCUT2D eigenvalue weighted by atomic mass is 19.4. The molecule has 150 valence electrons. The number of nitrogens with one attached hydrogen (secondary N) is 2. The summed E-state index contributed by atoms with van der Waals surface area (Å²) in [5, 5.41) is 6.08. The van der Waals surface area contributed by atoms with Crippen LogP contribution in [0.5, 0.6) is 5.75 Å². The van der Waals surface area contributed by atoms with E-state index in [2.05, 4.69) is 25.3 Å². The van der Waals surface area contributed by atoms with Gasteiger partial charge in [0.1, 0.15) is 11.6 Å². The second-order valence-electron chi connectivity index (χ2n) is 6.02. The van der Waals surface area contributed by atoms with Gasteiger partial charge in [0.25, 0.3) is 0 Å². The lowest BCUT2D eigenvalue weighted by atomic mass is 10.1. The number of ether oxygens (including phenoxy) is 1. The highest BCUT2D eigenvalue weighted by Gasteiger charge is 2.31. The van der Waals surface area contributed by atoms with Crippen molar-refractivity contribution in [1.82, 2.24) is 10.3 Å². The minimum absolute atomic E-state index is 0.0288. The third kappa shape index (κ3) is 4.85. The van der Waals surface area contributed by atoms with E-state index in [9.17, 15) is 22.0 Å². The van der Waals surface area contributed by atoms with E-state index in [0.717, 1.165) is 12.3 Å². The fourth-order valence-electron chi connectivity index (χ4n) is 2.46. The van der Waals surface area contributed by atoms with Gasteiger partial charge < -0.3 is 21.1 Å². The number of hydrogen-bond acceptors (Lipinski definition) is 5. The maximum atomic E-state index is 12.8. The lowest BCUT2D eigenvalue weighted by Gasteiger charge is -2.29. The van der Waals surface area contributed by atoms with Crippen molar-refractivity contribution in [3.63, 3.8) is 0 Å². The third-order valence-electron chi connectivity index (χ3n) is 3.93. The number of hydrogen-bond donors (Lipinski definition) is 3. The molecule has 0 amide bonds. The van der Waals surface area contributed by atoms with Gasteiger partial charge in [-0.1, -0.05) is 0 Å². The number of alkyl halides is 5. The van der Waals surface area contributed by atoms with E-state index in [0.29, 0.717) is 24.8 Å². The molecule has 0 aliphatic carbocycles. The van der Waals surface area contributed by atoms with E-state index in [4.69, 9.17) is 5.73 Å². The first-order valence-corrected chi connectivity index (χ1v) is 8.15. The number of amidine groups is 1. The monoisotopic (exact) mass is 401 g/mol. The summed E-state index contributed by atoms with van der Waals surface area (Å²) in [7, 11) is 0. The molecule has 1 fully saturated rings. The molecule has 2 aromatic rings. The molecule has 1 aromatic heterocycles. The normalized spacial score (nSPS) is 15.4. The quantitative estimate of drug-likeness (QED) is 0.394. The lowest BCUT2D eigenvalue weighted by molar-refractivity contribution is -0.137. The van der Waals surface area contributed by atoms with Crippen molar-refractivity contribution >= 4 is 17.2 Å². The SMILES string of the molecule is NC(=Nc1cncc(C(F)(F)F)c1)c1ccc(OC(F)F)c(NC2CNC2)c1. The van der Waals surface area contributed by atoms with Gasteiger partial charge in [0.05, 0.1) is 29.2 Å². The van der Waals surface area contributed by atoms with Crippen LogP contribution < -0.4 is 21.1 Å². The molecule has 1 aliphatic rings. The fourth-order valence-corrected chi connectivity index (χ4v) is 2.46. The Balaban J connectivity index is 1.89. The Morgan fingerprint density at radius 2 is 2.00 bits per heavy atom. The van der Waals surface area contributed by atoms with Crippen molar-refractivity contribution in [2.24, 2.45) is 10.7 Å². The summed E-state index contributed by atoms with van der Waals surface area (Å²) in [5.41, 5.74) is 5.46. The summed E-state index contributed by atoms with van der Waals surface area (Å²) >= 11 is 0. The van der Waals surface area contributed by atoms with Crippen LogP contribution in [0.3, 0.4) is 0 Å². The van der Waals surface area contributed by atoms with Crippen LogP contribution in [0.4, 0.5) is 33.3 Å². The predicted octanol–water partition coefficient (Wildman–Crippen LogP) is 3.12. The van der Waals surface area contributed by atoms with Gasteiger partial charge in [-0.25, -0.2) is 4.99 Å². The number of aliphatic imine (C=N–C) groups is 1. The topological polar surface area (TPSA) is 84.6 Å². The lowest BCUT2D eigenvalue weighted by Crippen LogP contribution is -2.51. The van der Waals surface area contributed by atoms with Crippen LogP contribution in [0, 0.1) is 0 Å². The van der Waals surface area contributed by atoms with Gasteiger partial charge in [-0.2, -0.15) is 22.0 Å². The first kappa shape index (κ1) is 19.8. The second kappa shape index (κ2) is 7.97. The van der Waals surface area contributed by atoms with E-state index in [1.165, 1.54) is 18.2 Å². The van der Waals surface area contributed by atoms with Gasteiger partial charge >= 0.3 is 12.8 Å². The van der Waals surface area contributed by atoms with Gasteiger partial charge in [0.15, 0.2) is 0 Å². The van der Waals surface area contributed by atoms with E-state index >= 15 is 0 Å². The average Bonchev–Trinajstić information content (AvgIpc) is 2.58. The van der Waals surface area contributed by atoms with Gasteiger partial charge in [-0.05, 0) is 24.3 Å². The number of nitrogens with two attached hydrogens (primary N) is 1. The average molecular weight is 401 g/mol. The first-order valence-electron chi connectivity index (χ1n) is 8.15. The summed E-state index contributed by atoms with van der Waals surface area (Å²) in [5.74, 6) is -0.168. The Bertz CT molecular complexity index is 867. The largest absolute Gasteiger partial charge is 0.433 e. The number of nitrogens with zero attached hydrogens (tertiary/aromatic N) is 2. The molecule has 0 atom stereocenters. The minimum Gasteiger partial charge on any atom is -0.433 e. The van der Waals surface area contributed by atoms with Crippen LogP contribution in [-0.2, 0) is 6.18 Å². The van der Waals surface area contributed by atoms with Gasteiger partial charge in [0.2, 0.25) is 0 Å². The maximum absolute atomic E-state index is 12.8. The third-order valence-corrected chi connectivity index (χ3v) is 3.93. The second-order valence-corrected chi connectivity index (χ2v) is 6.02. The maximum Gasteiger partial charge on any atom is 0.417 e. The predicted molar refractivity (Wildman–Crippen MR) is 93.0 cm³/mol. The zero-order valence-electron chi connectivity index (χ0n) is 14.3. The highest BCUT2D eigenvalue weighted by molar-refractivity contribution is 6.00. The van der Waals surface area contributed by atoms with E-state index in [1.807, 2.05) is 0 Å². The van der Waals surface area contributed by atoms with E-state index in [-0.39, 0.29) is 29.0 Å². The zero-order chi connectivity index (χ0) is 20.3. The van der Waals surface area contributed by atoms with Crippen molar-refractivity contribution in [2.45, 2.75) is 18.8 Å². The van der Waals surface area contributed by atoms with Crippen LogP contribution in [0.25, 0.3) is 0 Å². The number of rotatable bonds is 6. The minimum atomic E-state index is -4.56. The standard InChI is InChI=1S/C17H16F5N5O/c18-16(19)28-14-2-1-9(3-13(14)26-12-7-25-8-12)15(23)27-11-4-10(5-24-6-11)17(20,21)22/h1-6,12,16,25-26H,7-8H2,(H2,23,27). The Morgan fingerprint density at radius 1 is 1.25 bits per heavy atom. The number of aromatic nitrogens is 1. The molecule has 1 saturated heterocycles. The molecule has 28 heavy (non-hydrogen) atoms. The molecule has 11 heteroatoms. The van der Waals surface area contributed by atoms with Crippen molar-refractivity contribution in [1.29, 1.82) is 0 Å². The van der Waals surface area contributed by atoms with Crippen molar-refractivity contribution in [3.8, 4) is 5.75 Å². The first-order chi connectivity index (χ1) is 13.2. The Kier molecular flexibility index (Phi) is 5.63. The molecule has 1 aliphatic heterocycles. The van der Waals surface area contributed by atoms with E-state index < -0.39 is 18.4 Å². The van der Waals surface area contributed by atoms with Gasteiger partial charge in [0, 0.05) is 24.8 Å². The molecule has 0 bridgehead atoms. The zero-order valence-corrected chi connectivity index (χ0v) is 14.3. The fraction of sp³-hybridized carbons (Fsp3) is 0.294. The van der Waals surface area contributed by atoms with Crippen molar-refractivity contribution < 1.29 is 26.7 Å². The van der Waals surface area contributed by atoms with Crippen LogP contribution in [0.1, 0.15) is 11.1 Å². The highest BCUT2D eigenvalue weighted by Crippen LogP contribution is 2.31. The molecule has 2 heterocycles. The molecule has 6 nitrogen and oxygen atoms in total. The van der Waals surface area contributed by atoms with Crippen LogP contribution in [0.2, 0.25) is 0 Å². The summed E-state index contributed by atoms with van der Waals surface area (Å²) < 4.78 is 68.0. The summed E-state index contributed by atoms with van der Waals surface area (Å²) in [6.45, 7) is -1.71. The molecular formula is C17H16F5N5O. The van der Waals surface area contributed by atoms with Crippen LogP contribution >= 0.6 is 0 Å². The summed E-state index contributed by atoms with van der Waals surface area (Å²) in [6, 6.07) is 4.98. The van der Waals surface area contributed by atoms with Crippen LogP contribution in [-0.4, -0.2) is 36.6 Å². The molecule has 0 saturated carbocycles. The number of halogens is 5. The molecule has 1 aromatic carbocycles. The smallest absolute Gasteiger partial charge is 0.417 e. The van der Waals surface area contributed by atoms with Gasteiger partial charge in [-0.3, -0.25) is 4.98 Å². The van der Waals surface area contributed by atoms with Crippen LogP contribution in [0.15, 0.2) is 41.7 Å². The molecular weight excluding hydrogens is 385 g/mol. The molecule has 4 N–H and O–H groups in total. The van der Waals surface area contributed by atoms with Crippen molar-refractivity contribution in [2.75, 3.05) is 18.4 Å². The van der Waals surface area contributed by atoms with E-state index in [1.54, 1.807) is 0 Å². The number of benzene rings is 1. The van der Waals surface area contributed by atoms with Gasteiger partial charge in [-0.15, -0.1) is 0 Å². The summed E-state index contributed by atoms with van der Waals surface area (Å²) in [4.78, 5) is 7.47. The molecule has 0 unspecified atom stereocenters. The van der Waals surface area contributed by atoms with Crippen molar-refractivity contribution in [3.05, 3.63) is 47.8 Å². The molecule has 3 rings (SSSR count). The Morgan fingerprint density at radius 3 is 2.61 bits per heavy atom. The number of pyridine rings is 1. The number of anilines is 1. The summed E-state index contributed by atoms with van der Waals surface area (Å²) in [6.07, 6.45) is -2.74. The Labute approximate surface area is 156 Å².